The third-order valence-corrected chi connectivity index (χ3v) is 6.71. The molecule has 0 spiro atoms. The summed E-state index contributed by atoms with van der Waals surface area (Å²) in [5.74, 6) is 2.24. The number of benzene rings is 2. The highest BCUT2D eigenvalue weighted by Gasteiger charge is 2.30. The Bertz CT molecular complexity index is 1260. The highest BCUT2D eigenvalue weighted by Crippen LogP contribution is 2.40. The van der Waals surface area contributed by atoms with E-state index in [0.717, 1.165) is 35.1 Å². The van der Waals surface area contributed by atoms with Crippen LogP contribution in [0.25, 0.3) is 11.3 Å². The summed E-state index contributed by atoms with van der Waals surface area (Å²) in [6.07, 6.45) is 2.29. The predicted molar refractivity (Wildman–Crippen MR) is 131 cm³/mol. The van der Waals surface area contributed by atoms with Crippen molar-refractivity contribution in [3.8, 4) is 11.3 Å². The fourth-order valence-corrected chi connectivity index (χ4v) is 4.49. The van der Waals surface area contributed by atoms with Crippen LogP contribution in [0.5, 0.6) is 0 Å². The third-order valence-electron chi connectivity index (χ3n) is 5.49. The molecule has 5 rings (SSSR count). The Morgan fingerprint density at radius 1 is 1.12 bits per heavy atom. The van der Waals surface area contributed by atoms with Crippen LogP contribution in [0.15, 0.2) is 65.8 Å². The van der Waals surface area contributed by atoms with E-state index in [9.17, 15) is 4.79 Å². The average molecular weight is 479 g/mol. The Kier molecular flexibility index (Phi) is 6.20. The van der Waals surface area contributed by atoms with E-state index in [1.807, 2.05) is 48.5 Å². The van der Waals surface area contributed by atoms with Crippen molar-refractivity contribution in [2.45, 2.75) is 30.5 Å². The molecule has 168 valence electrons. The van der Waals surface area contributed by atoms with Gasteiger partial charge < -0.3 is 9.88 Å². The van der Waals surface area contributed by atoms with Crippen LogP contribution in [0.1, 0.15) is 30.1 Å². The molecule has 0 bridgehead atoms. The van der Waals surface area contributed by atoms with E-state index in [1.165, 1.54) is 17.3 Å². The van der Waals surface area contributed by atoms with E-state index in [1.54, 1.807) is 11.7 Å². The quantitative estimate of drug-likeness (QED) is 0.361. The van der Waals surface area contributed by atoms with Gasteiger partial charge in [0.05, 0.1) is 18.0 Å². The normalized spacial score (nSPS) is 13.3. The minimum absolute atomic E-state index is 0.118. The van der Waals surface area contributed by atoms with Crippen molar-refractivity contribution in [1.82, 2.24) is 24.5 Å². The van der Waals surface area contributed by atoms with Crippen LogP contribution in [0.4, 0.5) is 5.82 Å². The maximum absolute atomic E-state index is 12.7. The molecular weight excluding hydrogens is 456 g/mol. The Morgan fingerprint density at radius 3 is 2.61 bits per heavy atom. The van der Waals surface area contributed by atoms with Gasteiger partial charge in [0, 0.05) is 29.6 Å². The number of aryl methyl sites for hydroxylation is 1. The molecule has 1 N–H and O–H groups in total. The van der Waals surface area contributed by atoms with Gasteiger partial charge in [-0.3, -0.25) is 9.48 Å². The number of halogens is 1. The lowest BCUT2D eigenvalue weighted by Crippen LogP contribution is -2.17. The number of carbonyl (C=O) groups is 1. The molecule has 1 saturated carbocycles. The van der Waals surface area contributed by atoms with Crippen LogP contribution in [0, 0.1) is 0 Å². The molecule has 0 unspecified atom stereocenters. The molecule has 4 aromatic rings. The molecule has 0 aliphatic heterocycles. The summed E-state index contributed by atoms with van der Waals surface area (Å²) in [6.45, 7) is 0.704. The number of anilines is 1. The van der Waals surface area contributed by atoms with Gasteiger partial charge in [-0.1, -0.05) is 65.8 Å². The maximum atomic E-state index is 12.7. The summed E-state index contributed by atoms with van der Waals surface area (Å²) in [5, 5.41) is 17.7. The fraction of sp³-hybridized carbons (Fsp3) is 0.250. The minimum atomic E-state index is -0.118. The minimum Gasteiger partial charge on any atom is -0.310 e. The van der Waals surface area contributed by atoms with Gasteiger partial charge in [0.1, 0.15) is 11.6 Å². The van der Waals surface area contributed by atoms with Gasteiger partial charge in [-0.25, -0.2) is 0 Å². The first-order valence-electron chi connectivity index (χ1n) is 10.8. The lowest BCUT2D eigenvalue weighted by Gasteiger charge is -2.10. The third kappa shape index (κ3) is 5.12. The molecule has 7 nitrogen and oxygen atoms in total. The van der Waals surface area contributed by atoms with Crippen LogP contribution in [-0.2, 0) is 18.4 Å². The summed E-state index contributed by atoms with van der Waals surface area (Å²) < 4.78 is 3.81. The topological polar surface area (TPSA) is 77.6 Å². The number of thioether (sulfide) groups is 1. The van der Waals surface area contributed by atoms with Crippen LogP contribution < -0.4 is 5.32 Å². The van der Waals surface area contributed by atoms with Crippen molar-refractivity contribution in [1.29, 1.82) is 0 Å². The summed E-state index contributed by atoms with van der Waals surface area (Å²) in [4.78, 5) is 12.7. The molecule has 2 heterocycles. The second kappa shape index (κ2) is 9.41. The number of hydrogen-bond acceptors (Lipinski definition) is 5. The number of aromatic nitrogens is 5. The summed E-state index contributed by atoms with van der Waals surface area (Å²) in [7, 11) is 1.81. The van der Waals surface area contributed by atoms with Gasteiger partial charge in [-0.05, 0) is 30.5 Å². The van der Waals surface area contributed by atoms with Crippen LogP contribution in [0.3, 0.4) is 0 Å². The van der Waals surface area contributed by atoms with Gasteiger partial charge in [0.25, 0.3) is 0 Å². The number of nitrogens with one attached hydrogen (secondary N) is 1. The SMILES string of the molecule is Cn1nc(-c2ccc(Cl)cc2)cc1NC(=O)CSc1nnc(C2CC2)n1Cc1ccccc1. The molecule has 2 aromatic carbocycles. The Labute approximate surface area is 201 Å². The van der Waals surface area contributed by atoms with Crippen LogP contribution in [-0.4, -0.2) is 36.2 Å². The lowest BCUT2D eigenvalue weighted by atomic mass is 10.1. The molecular formula is C24H23ClN6OS. The molecule has 0 atom stereocenters. The highest BCUT2D eigenvalue weighted by atomic mass is 35.5. The second-order valence-corrected chi connectivity index (χ2v) is 9.45. The summed E-state index contributed by atoms with van der Waals surface area (Å²) in [6, 6.07) is 19.6. The second-order valence-electron chi connectivity index (χ2n) is 8.07. The first-order valence-corrected chi connectivity index (χ1v) is 12.1. The Balaban J connectivity index is 1.26. The van der Waals surface area contributed by atoms with Gasteiger partial charge in [-0.15, -0.1) is 10.2 Å². The zero-order chi connectivity index (χ0) is 22.8. The molecule has 2 aromatic heterocycles. The number of hydrogen-bond donors (Lipinski definition) is 1. The molecule has 1 aliphatic carbocycles. The monoisotopic (exact) mass is 478 g/mol. The smallest absolute Gasteiger partial charge is 0.235 e. The molecule has 1 fully saturated rings. The summed E-state index contributed by atoms with van der Waals surface area (Å²) in [5.41, 5.74) is 2.90. The number of rotatable bonds is 8. The van der Waals surface area contributed by atoms with Gasteiger partial charge in [-0.2, -0.15) is 5.10 Å². The highest BCUT2D eigenvalue weighted by molar-refractivity contribution is 7.99. The van der Waals surface area contributed by atoms with Crippen molar-refractivity contribution in [3.05, 3.63) is 77.1 Å². The molecule has 1 aliphatic rings. The van der Waals surface area contributed by atoms with E-state index in [4.69, 9.17) is 11.6 Å². The van der Waals surface area contributed by atoms with Gasteiger partial charge >= 0.3 is 0 Å². The van der Waals surface area contributed by atoms with Crippen molar-refractivity contribution in [2.75, 3.05) is 11.1 Å². The Morgan fingerprint density at radius 2 is 1.88 bits per heavy atom. The van der Waals surface area contributed by atoms with Crippen LogP contribution in [0.2, 0.25) is 5.02 Å². The van der Waals surface area contributed by atoms with Gasteiger partial charge in [0.15, 0.2) is 5.16 Å². The molecule has 0 radical (unpaired) electrons. The zero-order valence-corrected chi connectivity index (χ0v) is 19.7. The molecule has 33 heavy (non-hydrogen) atoms. The zero-order valence-electron chi connectivity index (χ0n) is 18.1. The van der Waals surface area contributed by atoms with Crippen LogP contribution >= 0.6 is 23.4 Å². The van der Waals surface area contributed by atoms with Crippen molar-refractivity contribution in [2.24, 2.45) is 7.05 Å². The Hall–Kier alpha value is -3.10. The van der Waals surface area contributed by atoms with E-state index >= 15 is 0 Å². The van der Waals surface area contributed by atoms with Crippen molar-refractivity contribution in [3.63, 3.8) is 0 Å². The number of carbonyl (C=O) groups excluding carboxylic acids is 1. The van der Waals surface area contributed by atoms with E-state index < -0.39 is 0 Å². The summed E-state index contributed by atoms with van der Waals surface area (Å²) >= 11 is 7.38. The first kappa shape index (κ1) is 21.7. The maximum Gasteiger partial charge on any atom is 0.235 e. The first-order chi connectivity index (χ1) is 16.1. The van der Waals surface area contributed by atoms with Gasteiger partial charge in [0.2, 0.25) is 5.91 Å². The lowest BCUT2D eigenvalue weighted by molar-refractivity contribution is -0.113. The molecule has 1 amide bonds. The van der Waals surface area contributed by atoms with Crippen molar-refractivity contribution >= 4 is 35.1 Å². The fourth-order valence-electron chi connectivity index (χ4n) is 3.62. The molecule has 0 saturated heterocycles. The largest absolute Gasteiger partial charge is 0.310 e. The molecule has 9 heteroatoms. The van der Waals surface area contributed by atoms with E-state index in [-0.39, 0.29) is 11.7 Å². The van der Waals surface area contributed by atoms with E-state index in [0.29, 0.717) is 23.3 Å². The average Bonchev–Trinajstić information content (AvgIpc) is 3.49. The predicted octanol–water partition coefficient (Wildman–Crippen LogP) is 4.99. The number of nitrogens with zero attached hydrogens (tertiary/aromatic N) is 5. The standard InChI is InChI=1S/C24H23ClN6OS/c1-30-21(13-20(29-30)17-9-11-19(25)12-10-17)26-22(32)15-33-24-28-27-23(18-7-8-18)31(24)14-16-5-3-2-4-6-16/h2-6,9-13,18H,7-8,14-15H2,1H3,(H,26,32). The number of amides is 1. The van der Waals surface area contributed by atoms with E-state index in [2.05, 4.69) is 37.3 Å². The van der Waals surface area contributed by atoms with Crippen molar-refractivity contribution < 1.29 is 4.79 Å².